The summed E-state index contributed by atoms with van der Waals surface area (Å²) in [5.41, 5.74) is 4.04. The Morgan fingerprint density at radius 3 is 2.45 bits per heavy atom. The molecule has 1 N–H and O–H groups in total. The molecule has 31 heavy (non-hydrogen) atoms. The topological polar surface area (TPSA) is 64.4 Å². The van der Waals surface area contributed by atoms with Gasteiger partial charge in [-0.2, -0.15) is 0 Å². The number of benzene rings is 3. The van der Waals surface area contributed by atoms with E-state index in [4.69, 9.17) is 32.4 Å². The maximum Gasteiger partial charge on any atom is 0.262 e. The molecule has 4 rings (SSSR count). The van der Waals surface area contributed by atoms with Gasteiger partial charge < -0.3 is 14.5 Å². The van der Waals surface area contributed by atoms with Gasteiger partial charge in [-0.05, 0) is 53.9 Å². The summed E-state index contributed by atoms with van der Waals surface area (Å²) < 4.78 is 11.3. The molecule has 1 heterocycles. The predicted molar refractivity (Wildman–Crippen MR) is 123 cm³/mol. The first-order valence-electron chi connectivity index (χ1n) is 9.85. The predicted octanol–water partition coefficient (Wildman–Crippen LogP) is 6.31. The van der Waals surface area contributed by atoms with Gasteiger partial charge in [0, 0.05) is 17.1 Å². The lowest BCUT2D eigenvalue weighted by molar-refractivity contribution is -0.118. The van der Waals surface area contributed by atoms with Crippen LogP contribution in [0.25, 0.3) is 11.1 Å². The van der Waals surface area contributed by atoms with Crippen LogP contribution in [0, 0.1) is 0 Å². The molecular formula is C24H20Cl2N2O3. The third kappa shape index (κ3) is 5.37. The van der Waals surface area contributed by atoms with Gasteiger partial charge in [0.1, 0.15) is 11.3 Å². The van der Waals surface area contributed by atoms with Crippen molar-refractivity contribution in [3.05, 3.63) is 87.7 Å². The normalized spacial score (nSPS) is 10.9. The van der Waals surface area contributed by atoms with Crippen molar-refractivity contribution in [3.63, 3.8) is 0 Å². The molecular weight excluding hydrogens is 435 g/mol. The average molecular weight is 455 g/mol. The Morgan fingerprint density at radius 1 is 1.03 bits per heavy atom. The summed E-state index contributed by atoms with van der Waals surface area (Å²) >= 11 is 12.2. The number of ether oxygens (including phenoxy) is 1. The van der Waals surface area contributed by atoms with Crippen LogP contribution in [0.4, 0.5) is 5.69 Å². The van der Waals surface area contributed by atoms with E-state index < -0.39 is 0 Å². The number of fused-ring (bicyclic) bond motifs is 1. The average Bonchev–Trinajstić information content (AvgIpc) is 3.16. The van der Waals surface area contributed by atoms with Gasteiger partial charge in [0.25, 0.3) is 5.91 Å². The van der Waals surface area contributed by atoms with Crippen molar-refractivity contribution in [1.29, 1.82) is 0 Å². The van der Waals surface area contributed by atoms with Gasteiger partial charge in [0.2, 0.25) is 0 Å². The monoisotopic (exact) mass is 454 g/mol. The number of aromatic nitrogens is 1. The minimum Gasteiger partial charge on any atom is -0.484 e. The minimum absolute atomic E-state index is 0.0561. The molecule has 0 radical (unpaired) electrons. The molecule has 0 aliphatic rings. The highest BCUT2D eigenvalue weighted by Gasteiger charge is 2.11. The van der Waals surface area contributed by atoms with Crippen LogP contribution < -0.4 is 10.1 Å². The lowest BCUT2D eigenvalue weighted by atomic mass is 10.1. The first kappa shape index (κ1) is 21.2. The van der Waals surface area contributed by atoms with E-state index >= 15 is 0 Å². The highest BCUT2D eigenvalue weighted by Crippen LogP contribution is 2.29. The van der Waals surface area contributed by atoms with E-state index in [9.17, 15) is 4.79 Å². The van der Waals surface area contributed by atoms with Gasteiger partial charge in [-0.25, -0.2) is 4.98 Å². The van der Waals surface area contributed by atoms with Crippen molar-refractivity contribution in [2.45, 2.75) is 19.8 Å². The van der Waals surface area contributed by atoms with Crippen LogP contribution in [0.3, 0.4) is 0 Å². The summed E-state index contributed by atoms with van der Waals surface area (Å²) in [4.78, 5) is 16.6. The smallest absolute Gasteiger partial charge is 0.262 e. The Bertz CT molecular complexity index is 1200. The van der Waals surface area contributed by atoms with Crippen molar-refractivity contribution in [3.8, 4) is 5.75 Å². The van der Waals surface area contributed by atoms with Crippen LogP contribution >= 0.6 is 23.2 Å². The molecule has 0 saturated carbocycles. The molecule has 0 unspecified atom stereocenters. The second-order valence-corrected chi connectivity index (χ2v) is 7.90. The van der Waals surface area contributed by atoms with Crippen LogP contribution in [0.2, 0.25) is 10.0 Å². The molecule has 7 heteroatoms. The molecule has 5 nitrogen and oxygen atoms in total. The minimum atomic E-state index is -0.224. The van der Waals surface area contributed by atoms with Crippen LogP contribution in [0.15, 0.2) is 65.1 Å². The zero-order chi connectivity index (χ0) is 21.8. The van der Waals surface area contributed by atoms with E-state index in [0.29, 0.717) is 44.9 Å². The maximum atomic E-state index is 12.2. The third-order valence-electron chi connectivity index (χ3n) is 4.75. The molecule has 4 aromatic rings. The number of hydrogen-bond acceptors (Lipinski definition) is 4. The van der Waals surface area contributed by atoms with E-state index in [1.807, 2.05) is 48.5 Å². The van der Waals surface area contributed by atoms with E-state index in [1.165, 1.54) is 5.56 Å². The molecule has 0 atom stereocenters. The molecule has 0 bridgehead atoms. The van der Waals surface area contributed by atoms with Gasteiger partial charge in [0.15, 0.2) is 18.1 Å². The van der Waals surface area contributed by atoms with Gasteiger partial charge in [-0.15, -0.1) is 0 Å². The molecule has 0 saturated heterocycles. The first-order chi connectivity index (χ1) is 15.0. The molecule has 1 aromatic heterocycles. The van der Waals surface area contributed by atoms with Crippen molar-refractivity contribution < 1.29 is 13.9 Å². The third-order valence-corrected chi connectivity index (χ3v) is 5.25. The fraction of sp³-hybridized carbons (Fsp3) is 0.167. The molecule has 0 aliphatic carbocycles. The number of carbonyl (C=O) groups excluding carboxylic acids is 1. The second-order valence-electron chi connectivity index (χ2n) is 7.05. The fourth-order valence-corrected chi connectivity index (χ4v) is 3.65. The Balaban J connectivity index is 1.33. The number of hydrogen-bond donors (Lipinski definition) is 1. The fourth-order valence-electron chi connectivity index (χ4n) is 3.13. The number of amides is 1. The van der Waals surface area contributed by atoms with Gasteiger partial charge >= 0.3 is 0 Å². The Kier molecular flexibility index (Phi) is 6.44. The summed E-state index contributed by atoms with van der Waals surface area (Å²) in [5, 5.41) is 3.77. The highest BCUT2D eigenvalue weighted by molar-refractivity contribution is 6.37. The molecule has 0 aliphatic heterocycles. The highest BCUT2D eigenvalue weighted by atomic mass is 35.5. The lowest BCUT2D eigenvalue weighted by Gasteiger charge is -2.08. The summed E-state index contributed by atoms with van der Waals surface area (Å²) in [7, 11) is 0. The first-order valence-corrected chi connectivity index (χ1v) is 10.6. The van der Waals surface area contributed by atoms with Crippen LogP contribution in [0.5, 0.6) is 5.75 Å². The van der Waals surface area contributed by atoms with Crippen LogP contribution in [0.1, 0.15) is 23.9 Å². The molecule has 3 aromatic carbocycles. The Hall–Kier alpha value is -3.02. The number of oxazole rings is 1. The molecule has 158 valence electrons. The zero-order valence-electron chi connectivity index (χ0n) is 16.8. The van der Waals surface area contributed by atoms with E-state index in [1.54, 1.807) is 12.1 Å². The van der Waals surface area contributed by atoms with E-state index in [2.05, 4.69) is 17.2 Å². The molecule has 0 fully saturated rings. The van der Waals surface area contributed by atoms with Gasteiger partial charge in [-0.1, -0.05) is 54.4 Å². The Labute approximate surface area is 189 Å². The molecule has 1 amide bonds. The molecule has 0 spiro atoms. The number of nitrogens with zero attached hydrogens (tertiary/aromatic N) is 1. The van der Waals surface area contributed by atoms with Gasteiger partial charge in [-0.3, -0.25) is 4.79 Å². The van der Waals surface area contributed by atoms with E-state index in [0.717, 1.165) is 12.0 Å². The lowest BCUT2D eigenvalue weighted by Crippen LogP contribution is -2.20. The summed E-state index contributed by atoms with van der Waals surface area (Å²) in [6, 6.07) is 18.5. The van der Waals surface area contributed by atoms with Crippen molar-refractivity contribution in [2.24, 2.45) is 0 Å². The summed E-state index contributed by atoms with van der Waals surface area (Å²) in [6.07, 6.45) is 1.46. The zero-order valence-corrected chi connectivity index (χ0v) is 18.3. The SMILES string of the molecule is CCc1ccc(OCC(=O)Nc2ccc(Cc3nc4cc(Cl)cc(Cl)c4o3)cc2)cc1. The van der Waals surface area contributed by atoms with Gasteiger partial charge in [0.05, 0.1) is 5.02 Å². The number of aryl methyl sites for hydroxylation is 1. The second kappa shape index (κ2) is 9.41. The summed E-state index contributed by atoms with van der Waals surface area (Å²) in [5.74, 6) is 0.985. The maximum absolute atomic E-state index is 12.2. The Morgan fingerprint density at radius 2 is 1.74 bits per heavy atom. The van der Waals surface area contributed by atoms with Crippen molar-refractivity contribution in [1.82, 2.24) is 4.98 Å². The number of carbonyl (C=O) groups is 1. The largest absolute Gasteiger partial charge is 0.484 e. The van der Waals surface area contributed by atoms with Crippen molar-refractivity contribution in [2.75, 3.05) is 11.9 Å². The van der Waals surface area contributed by atoms with Crippen LogP contribution in [-0.4, -0.2) is 17.5 Å². The van der Waals surface area contributed by atoms with E-state index in [-0.39, 0.29) is 12.5 Å². The quantitative estimate of drug-likeness (QED) is 0.355. The van der Waals surface area contributed by atoms with Crippen molar-refractivity contribution >= 4 is 45.9 Å². The number of nitrogens with one attached hydrogen (secondary N) is 1. The number of rotatable bonds is 7. The number of halogens is 2. The van der Waals surface area contributed by atoms with Crippen LogP contribution in [-0.2, 0) is 17.6 Å². The number of anilines is 1. The summed E-state index contributed by atoms with van der Waals surface area (Å²) in [6.45, 7) is 2.03. The standard InChI is InChI=1S/C24H20Cl2N2O3/c1-2-15-5-9-19(10-6-15)30-14-22(29)27-18-7-3-16(4-8-18)11-23-28-21-13-17(25)12-20(26)24(21)31-23/h3-10,12-13H,2,11,14H2,1H3,(H,27,29).